The second-order valence-electron chi connectivity index (χ2n) is 13.7. The van der Waals surface area contributed by atoms with Gasteiger partial charge >= 0.3 is 0 Å². The largest absolute Gasteiger partial charge is 0.456 e. The fraction of sp³-hybridized carbons (Fsp3) is 0.0455. The topological polar surface area (TPSA) is 60.2 Å². The number of furan rings is 2. The molecule has 6 heteroatoms. The Morgan fingerprint density at radius 1 is 0.620 bits per heavy atom. The lowest BCUT2D eigenvalue weighted by molar-refractivity contribution is 0.583. The van der Waals surface area contributed by atoms with Gasteiger partial charge in [-0.25, -0.2) is 9.97 Å². The van der Waals surface area contributed by atoms with Gasteiger partial charge < -0.3 is 18.3 Å². The minimum atomic E-state index is -0.0503. The van der Waals surface area contributed by atoms with E-state index in [2.05, 4.69) is 125 Å². The molecule has 6 aromatic carbocycles. The van der Waals surface area contributed by atoms with Crippen LogP contribution in [0.2, 0.25) is 0 Å². The highest BCUT2D eigenvalue weighted by Crippen LogP contribution is 2.58. The standard InChI is InChI=1S/C44H24N4O2/c1-2-9-24-22-25(17-16-23(24)8-1)40-43-41(28-11-4-6-15-33(28)50-43)46-44(45-40)48-31-14-7-13-30-36(31)37-32(48)19-21-34-38(37)39-35(49-34)20-18-27-26-10-3-5-12-29(26)47(30)42(27)39/h1-22,32,37H. The second-order valence-corrected chi connectivity index (χ2v) is 13.7. The summed E-state index contributed by atoms with van der Waals surface area (Å²) < 4.78 is 15.6. The first-order valence-corrected chi connectivity index (χ1v) is 17.1. The van der Waals surface area contributed by atoms with Gasteiger partial charge in [-0.3, -0.25) is 0 Å². The molecule has 6 heterocycles. The third kappa shape index (κ3) is 2.94. The van der Waals surface area contributed by atoms with Crippen LogP contribution in [0.3, 0.4) is 0 Å². The van der Waals surface area contributed by atoms with Crippen LogP contribution in [0.4, 0.5) is 11.6 Å². The van der Waals surface area contributed by atoms with E-state index < -0.39 is 0 Å². The molecule has 3 aliphatic rings. The number of anilines is 2. The summed E-state index contributed by atoms with van der Waals surface area (Å²) in [5.74, 6) is 1.63. The summed E-state index contributed by atoms with van der Waals surface area (Å²) in [4.78, 5) is 13.2. The van der Waals surface area contributed by atoms with Crippen molar-refractivity contribution in [1.82, 2.24) is 14.5 Å². The van der Waals surface area contributed by atoms with Crippen molar-refractivity contribution < 1.29 is 8.83 Å². The molecule has 0 bridgehead atoms. The summed E-state index contributed by atoms with van der Waals surface area (Å²) >= 11 is 0. The van der Waals surface area contributed by atoms with Crippen LogP contribution in [0.5, 0.6) is 0 Å². The Bertz CT molecular complexity index is 3200. The third-order valence-electron chi connectivity index (χ3n) is 11.3. The van der Waals surface area contributed by atoms with Gasteiger partial charge in [0, 0.05) is 44.2 Å². The molecule has 6 nitrogen and oxygen atoms in total. The van der Waals surface area contributed by atoms with E-state index in [1.165, 1.54) is 49.4 Å². The minimum Gasteiger partial charge on any atom is -0.456 e. The molecule has 0 amide bonds. The number of para-hydroxylation sites is 2. The molecule has 13 rings (SSSR count). The fourth-order valence-corrected chi connectivity index (χ4v) is 9.27. The van der Waals surface area contributed by atoms with Crippen molar-refractivity contribution in [3.05, 3.63) is 144 Å². The summed E-state index contributed by atoms with van der Waals surface area (Å²) in [6.45, 7) is 0. The van der Waals surface area contributed by atoms with Crippen LogP contribution in [-0.2, 0) is 0 Å². The molecule has 2 atom stereocenters. The van der Waals surface area contributed by atoms with E-state index in [4.69, 9.17) is 18.8 Å². The normalized spacial score (nSPS) is 17.1. The van der Waals surface area contributed by atoms with E-state index in [-0.39, 0.29) is 12.0 Å². The molecule has 0 fully saturated rings. The average molecular weight is 641 g/mol. The highest BCUT2D eigenvalue weighted by molar-refractivity contribution is 6.20. The summed E-state index contributed by atoms with van der Waals surface area (Å²) in [6.07, 6.45) is 4.45. The Labute approximate surface area is 284 Å². The van der Waals surface area contributed by atoms with Crippen molar-refractivity contribution >= 4 is 83.3 Å². The SMILES string of the molecule is C1=CC2C3c4c(cccc4-n4c5ccccc5c5ccc6oc1c3c6c54)N2c1nc(-c2ccc3ccccc3c2)c2oc3ccccc3c2n1. The lowest BCUT2D eigenvalue weighted by Gasteiger charge is -2.28. The first kappa shape index (κ1) is 25.4. The number of rotatable bonds is 2. The smallest absolute Gasteiger partial charge is 0.231 e. The van der Waals surface area contributed by atoms with Crippen molar-refractivity contribution in [2.24, 2.45) is 0 Å². The van der Waals surface area contributed by atoms with Gasteiger partial charge in [-0.2, -0.15) is 0 Å². The van der Waals surface area contributed by atoms with Gasteiger partial charge in [0.15, 0.2) is 5.58 Å². The lowest BCUT2D eigenvalue weighted by atomic mass is 9.82. The number of nitrogens with zero attached hydrogens (tertiary/aromatic N) is 4. The van der Waals surface area contributed by atoms with Gasteiger partial charge in [-0.1, -0.05) is 78.9 Å². The van der Waals surface area contributed by atoms with Crippen molar-refractivity contribution in [3.8, 4) is 16.9 Å². The van der Waals surface area contributed by atoms with Crippen molar-refractivity contribution in [2.45, 2.75) is 12.0 Å². The van der Waals surface area contributed by atoms with E-state index in [1.807, 2.05) is 18.2 Å². The second kappa shape index (κ2) is 8.67. The molecule has 232 valence electrons. The molecule has 0 N–H and O–H groups in total. The Balaban J connectivity index is 1.14. The molecule has 10 aromatic rings. The Kier molecular flexibility index (Phi) is 4.40. The summed E-state index contributed by atoms with van der Waals surface area (Å²) in [7, 11) is 0. The predicted octanol–water partition coefficient (Wildman–Crippen LogP) is 11.0. The van der Waals surface area contributed by atoms with Crippen molar-refractivity contribution in [1.29, 1.82) is 0 Å². The van der Waals surface area contributed by atoms with Gasteiger partial charge in [0.1, 0.15) is 28.1 Å². The van der Waals surface area contributed by atoms with E-state index >= 15 is 0 Å². The number of fused-ring (bicyclic) bond motifs is 8. The fourth-order valence-electron chi connectivity index (χ4n) is 9.27. The maximum Gasteiger partial charge on any atom is 0.231 e. The molecule has 0 saturated carbocycles. The van der Waals surface area contributed by atoms with E-state index in [1.54, 1.807) is 0 Å². The zero-order chi connectivity index (χ0) is 32.2. The van der Waals surface area contributed by atoms with Gasteiger partial charge in [0.05, 0.1) is 28.5 Å². The first-order valence-electron chi connectivity index (χ1n) is 17.1. The quantitative estimate of drug-likeness (QED) is 0.188. The van der Waals surface area contributed by atoms with Gasteiger partial charge in [-0.05, 0) is 65.4 Å². The molecule has 50 heavy (non-hydrogen) atoms. The highest BCUT2D eigenvalue weighted by atomic mass is 16.3. The molecule has 0 saturated heterocycles. The van der Waals surface area contributed by atoms with Gasteiger partial charge in [0.2, 0.25) is 5.95 Å². The molecule has 4 aromatic heterocycles. The molecular formula is C44H24N4O2. The van der Waals surface area contributed by atoms with Crippen LogP contribution >= 0.6 is 0 Å². The monoisotopic (exact) mass is 640 g/mol. The van der Waals surface area contributed by atoms with Crippen LogP contribution in [0.25, 0.3) is 88.6 Å². The Hall–Kier alpha value is -6.66. The Morgan fingerprint density at radius 2 is 1.46 bits per heavy atom. The minimum absolute atomic E-state index is 0.0382. The zero-order valence-corrected chi connectivity index (χ0v) is 26.5. The average Bonchev–Trinajstić information content (AvgIpc) is 3.89. The molecule has 2 aliphatic heterocycles. The van der Waals surface area contributed by atoms with Crippen molar-refractivity contribution in [2.75, 3.05) is 4.90 Å². The zero-order valence-electron chi connectivity index (χ0n) is 26.5. The lowest BCUT2D eigenvalue weighted by Crippen LogP contribution is -2.31. The van der Waals surface area contributed by atoms with Crippen LogP contribution in [0, 0.1) is 0 Å². The van der Waals surface area contributed by atoms with Gasteiger partial charge in [-0.15, -0.1) is 0 Å². The number of hydrogen-bond acceptors (Lipinski definition) is 5. The number of hydrogen-bond donors (Lipinski definition) is 0. The van der Waals surface area contributed by atoms with Crippen LogP contribution in [0.1, 0.15) is 22.8 Å². The van der Waals surface area contributed by atoms with Gasteiger partial charge in [0.25, 0.3) is 0 Å². The maximum atomic E-state index is 6.63. The van der Waals surface area contributed by atoms with E-state index in [0.29, 0.717) is 11.5 Å². The molecule has 0 radical (unpaired) electrons. The summed E-state index contributed by atoms with van der Waals surface area (Å²) in [5.41, 5.74) is 12.3. The first-order chi connectivity index (χ1) is 24.8. The van der Waals surface area contributed by atoms with Crippen molar-refractivity contribution in [3.63, 3.8) is 0 Å². The van der Waals surface area contributed by atoms with E-state index in [0.717, 1.165) is 50.2 Å². The summed E-state index contributed by atoms with van der Waals surface area (Å²) in [5, 5.41) is 7.01. The van der Waals surface area contributed by atoms with Crippen LogP contribution in [0.15, 0.2) is 136 Å². The van der Waals surface area contributed by atoms with Crippen LogP contribution < -0.4 is 4.90 Å². The molecule has 0 spiro atoms. The summed E-state index contributed by atoms with van der Waals surface area (Å²) in [6, 6.07) is 42.9. The Morgan fingerprint density at radius 3 is 2.42 bits per heavy atom. The molecule has 2 unspecified atom stereocenters. The number of aromatic nitrogens is 3. The third-order valence-corrected chi connectivity index (χ3v) is 11.3. The van der Waals surface area contributed by atoms with Crippen LogP contribution in [-0.4, -0.2) is 20.6 Å². The maximum absolute atomic E-state index is 6.63. The highest BCUT2D eigenvalue weighted by Gasteiger charge is 2.48. The predicted molar refractivity (Wildman–Crippen MR) is 200 cm³/mol. The molecule has 1 aliphatic carbocycles. The molecular weight excluding hydrogens is 617 g/mol. The van der Waals surface area contributed by atoms with E-state index in [9.17, 15) is 0 Å². The number of benzene rings is 6.